The summed E-state index contributed by atoms with van der Waals surface area (Å²) in [5.74, 6) is 0.984. The highest BCUT2D eigenvalue weighted by Gasteiger charge is 2.42. The number of methoxy groups -OCH3 is 1. The second kappa shape index (κ2) is 11.1. The highest BCUT2D eigenvalue weighted by Crippen LogP contribution is 2.29. The Kier molecular flexibility index (Phi) is 7.95. The van der Waals surface area contributed by atoms with Crippen LogP contribution in [0.3, 0.4) is 0 Å². The van der Waals surface area contributed by atoms with Crippen LogP contribution in [0, 0.1) is 0 Å². The van der Waals surface area contributed by atoms with Crippen molar-refractivity contribution in [1.29, 1.82) is 0 Å². The molecule has 0 radical (unpaired) electrons. The number of carbonyl (C=O) groups is 2. The average molecular weight is 487 g/mol. The van der Waals surface area contributed by atoms with Gasteiger partial charge in [0, 0.05) is 24.7 Å². The van der Waals surface area contributed by atoms with Gasteiger partial charge in [0.1, 0.15) is 23.7 Å². The number of halogens is 1. The van der Waals surface area contributed by atoms with Crippen molar-refractivity contribution in [2.75, 3.05) is 46.5 Å². The molecule has 2 saturated heterocycles. The number of para-hydroxylation sites is 1. The van der Waals surface area contributed by atoms with Gasteiger partial charge in [-0.2, -0.15) is 0 Å². The van der Waals surface area contributed by atoms with E-state index in [4.69, 9.17) is 25.8 Å². The van der Waals surface area contributed by atoms with Crippen LogP contribution in [-0.4, -0.2) is 73.7 Å². The summed E-state index contributed by atoms with van der Waals surface area (Å²) in [6.07, 6.45) is 3.31. The highest BCUT2D eigenvalue weighted by atomic mass is 35.5. The lowest BCUT2D eigenvalue weighted by molar-refractivity contribution is -0.153. The number of likely N-dealkylation sites (tertiary alicyclic amines) is 1. The van der Waals surface area contributed by atoms with Gasteiger partial charge < -0.3 is 24.0 Å². The van der Waals surface area contributed by atoms with E-state index in [1.807, 2.05) is 29.2 Å². The Morgan fingerprint density at radius 2 is 1.82 bits per heavy atom. The van der Waals surface area contributed by atoms with Gasteiger partial charge in [-0.05, 0) is 49.6 Å². The smallest absolute Gasteiger partial charge is 0.257 e. The molecule has 8 heteroatoms. The summed E-state index contributed by atoms with van der Waals surface area (Å²) in [6, 6.07) is 14.3. The predicted octanol–water partition coefficient (Wildman–Crippen LogP) is 4.04. The van der Waals surface area contributed by atoms with Crippen LogP contribution in [0.2, 0.25) is 5.02 Å². The molecular formula is C26H31ClN2O5. The highest BCUT2D eigenvalue weighted by molar-refractivity contribution is 6.30. The van der Waals surface area contributed by atoms with Crippen molar-refractivity contribution in [3.05, 3.63) is 59.1 Å². The number of ether oxygens (including phenoxy) is 3. The van der Waals surface area contributed by atoms with Crippen molar-refractivity contribution in [3.8, 4) is 11.5 Å². The van der Waals surface area contributed by atoms with Gasteiger partial charge in [0.25, 0.3) is 5.91 Å². The number of benzene rings is 2. The van der Waals surface area contributed by atoms with Gasteiger partial charge in [0.2, 0.25) is 5.91 Å². The molecule has 2 aliphatic rings. The number of morpholine rings is 1. The quantitative estimate of drug-likeness (QED) is 0.590. The first-order valence-electron chi connectivity index (χ1n) is 11.7. The standard InChI is InChI=1S/C26H31ClN2O5/c1-32-23-11-4-3-10-22(23)25(31)29-14-15-34-26(18-29,17-24(30)28-12-5-2-6-13-28)19-33-21-9-7-8-20(27)16-21/h3-4,7-11,16H,2,5-6,12-15,17-19H2,1H3/t26-/m0/s1. The van der Waals surface area contributed by atoms with Gasteiger partial charge in [-0.15, -0.1) is 0 Å². The van der Waals surface area contributed by atoms with E-state index in [1.54, 1.807) is 36.3 Å². The minimum atomic E-state index is -0.966. The fourth-order valence-corrected chi connectivity index (χ4v) is 4.74. The second-order valence-corrected chi connectivity index (χ2v) is 9.26. The van der Waals surface area contributed by atoms with Crippen LogP contribution in [0.25, 0.3) is 0 Å². The SMILES string of the molecule is COc1ccccc1C(=O)N1CCO[C@@](COc2cccc(Cl)c2)(CC(=O)N2CCCCC2)C1. The third-order valence-corrected chi connectivity index (χ3v) is 6.59. The van der Waals surface area contributed by atoms with Crippen LogP contribution in [0.5, 0.6) is 11.5 Å². The molecule has 0 aliphatic carbocycles. The summed E-state index contributed by atoms with van der Waals surface area (Å²) >= 11 is 6.11. The molecule has 0 aromatic heterocycles. The molecule has 7 nitrogen and oxygen atoms in total. The molecule has 34 heavy (non-hydrogen) atoms. The number of nitrogens with zero attached hydrogens (tertiary/aromatic N) is 2. The molecule has 2 aromatic carbocycles. The number of rotatable bonds is 7. The minimum Gasteiger partial charge on any atom is -0.496 e. The van der Waals surface area contributed by atoms with E-state index < -0.39 is 5.60 Å². The fraction of sp³-hybridized carbons (Fsp3) is 0.462. The molecule has 0 N–H and O–H groups in total. The zero-order chi connectivity index (χ0) is 24.0. The van der Waals surface area contributed by atoms with Gasteiger partial charge >= 0.3 is 0 Å². The van der Waals surface area contributed by atoms with E-state index >= 15 is 0 Å². The second-order valence-electron chi connectivity index (χ2n) is 8.82. The van der Waals surface area contributed by atoms with Crippen LogP contribution in [0.15, 0.2) is 48.5 Å². The molecule has 0 bridgehead atoms. The Labute approximate surface area is 205 Å². The van der Waals surface area contributed by atoms with E-state index in [0.717, 1.165) is 32.4 Å². The lowest BCUT2D eigenvalue weighted by Crippen LogP contribution is -2.58. The number of hydrogen-bond donors (Lipinski definition) is 0. The Morgan fingerprint density at radius 1 is 1.03 bits per heavy atom. The third kappa shape index (κ3) is 5.83. The first-order valence-corrected chi connectivity index (χ1v) is 12.1. The molecule has 0 unspecified atom stereocenters. The normalized spacial score (nSPS) is 20.6. The van der Waals surface area contributed by atoms with Crippen molar-refractivity contribution in [3.63, 3.8) is 0 Å². The van der Waals surface area contributed by atoms with Crippen LogP contribution < -0.4 is 9.47 Å². The maximum absolute atomic E-state index is 13.4. The number of piperidine rings is 1. The molecule has 0 spiro atoms. The largest absolute Gasteiger partial charge is 0.496 e. The van der Waals surface area contributed by atoms with Crippen molar-refractivity contribution in [1.82, 2.24) is 9.80 Å². The fourth-order valence-electron chi connectivity index (χ4n) is 4.56. The lowest BCUT2D eigenvalue weighted by Gasteiger charge is -2.43. The topological polar surface area (TPSA) is 68.3 Å². The average Bonchev–Trinajstić information content (AvgIpc) is 2.88. The molecule has 4 rings (SSSR count). The molecule has 1 atom stereocenters. The van der Waals surface area contributed by atoms with E-state index in [-0.39, 0.29) is 31.4 Å². The molecule has 182 valence electrons. The number of hydrogen-bond acceptors (Lipinski definition) is 5. The van der Waals surface area contributed by atoms with Crippen molar-refractivity contribution >= 4 is 23.4 Å². The van der Waals surface area contributed by atoms with Crippen molar-refractivity contribution < 1.29 is 23.8 Å². The zero-order valence-electron chi connectivity index (χ0n) is 19.5. The monoisotopic (exact) mass is 486 g/mol. The molecule has 2 fully saturated rings. The van der Waals surface area contributed by atoms with Crippen LogP contribution in [0.4, 0.5) is 0 Å². The summed E-state index contributed by atoms with van der Waals surface area (Å²) in [6.45, 7) is 2.62. The van der Waals surface area contributed by atoms with Gasteiger partial charge in [-0.1, -0.05) is 29.8 Å². The van der Waals surface area contributed by atoms with Crippen molar-refractivity contribution in [2.24, 2.45) is 0 Å². The maximum atomic E-state index is 13.4. The van der Waals surface area contributed by atoms with E-state index in [9.17, 15) is 9.59 Å². The van der Waals surface area contributed by atoms with E-state index in [2.05, 4.69) is 0 Å². The summed E-state index contributed by atoms with van der Waals surface area (Å²) < 4.78 is 17.7. The predicted molar refractivity (Wildman–Crippen MR) is 130 cm³/mol. The van der Waals surface area contributed by atoms with E-state index in [1.165, 1.54) is 0 Å². The zero-order valence-corrected chi connectivity index (χ0v) is 20.3. The summed E-state index contributed by atoms with van der Waals surface area (Å²) in [5.41, 5.74) is -0.480. The lowest BCUT2D eigenvalue weighted by atomic mass is 9.95. The summed E-state index contributed by atoms with van der Waals surface area (Å²) in [5, 5.41) is 0.563. The van der Waals surface area contributed by atoms with Gasteiger partial charge in [0.15, 0.2) is 0 Å². The molecular weight excluding hydrogens is 456 g/mol. The number of amides is 2. The minimum absolute atomic E-state index is 0.0287. The first-order chi connectivity index (χ1) is 16.5. The molecule has 2 aliphatic heterocycles. The molecule has 2 amide bonds. The Hall–Kier alpha value is -2.77. The van der Waals surface area contributed by atoms with Crippen LogP contribution in [-0.2, 0) is 9.53 Å². The van der Waals surface area contributed by atoms with Gasteiger partial charge in [-0.3, -0.25) is 9.59 Å². The van der Waals surface area contributed by atoms with Crippen molar-refractivity contribution in [2.45, 2.75) is 31.3 Å². The summed E-state index contributed by atoms with van der Waals surface area (Å²) in [4.78, 5) is 30.3. The number of carbonyl (C=O) groups excluding carboxylic acids is 2. The summed E-state index contributed by atoms with van der Waals surface area (Å²) in [7, 11) is 1.55. The molecule has 2 heterocycles. The van der Waals surface area contributed by atoms with E-state index in [0.29, 0.717) is 35.2 Å². The van der Waals surface area contributed by atoms with Crippen LogP contribution >= 0.6 is 11.6 Å². The van der Waals surface area contributed by atoms with Gasteiger partial charge in [0.05, 0.1) is 32.2 Å². The molecule has 2 aromatic rings. The molecule has 0 saturated carbocycles. The Balaban J connectivity index is 1.55. The maximum Gasteiger partial charge on any atom is 0.257 e. The van der Waals surface area contributed by atoms with Gasteiger partial charge in [-0.25, -0.2) is 0 Å². The first kappa shape index (κ1) is 24.4. The third-order valence-electron chi connectivity index (χ3n) is 6.35. The van der Waals surface area contributed by atoms with Crippen LogP contribution in [0.1, 0.15) is 36.0 Å². The Morgan fingerprint density at radius 3 is 2.59 bits per heavy atom. The Bertz CT molecular complexity index is 1010.